The Labute approximate surface area is 100 Å². The molecular weight excluding hydrogens is 218 g/mol. The average molecular weight is 235 g/mol. The van der Waals surface area contributed by atoms with Gasteiger partial charge in [-0.1, -0.05) is 30.3 Å². The van der Waals surface area contributed by atoms with Gasteiger partial charge >= 0.3 is 0 Å². The van der Waals surface area contributed by atoms with Crippen LogP contribution >= 0.6 is 0 Å². The average Bonchev–Trinajstić information content (AvgIpc) is 2.28. The van der Waals surface area contributed by atoms with Crippen LogP contribution in [0.25, 0.3) is 0 Å². The largest absolute Gasteiger partial charge is 0.368 e. The number of hydrogen-bond acceptors (Lipinski definition) is 3. The van der Waals surface area contributed by atoms with Crippen LogP contribution in [0.4, 0.5) is 0 Å². The summed E-state index contributed by atoms with van der Waals surface area (Å²) in [6.07, 6.45) is 0. The van der Waals surface area contributed by atoms with Gasteiger partial charge < -0.3 is 16.8 Å². The van der Waals surface area contributed by atoms with E-state index in [-0.39, 0.29) is 0 Å². The maximum atomic E-state index is 11.8. The highest BCUT2D eigenvalue weighted by Gasteiger charge is 2.29. The molecule has 5 heteroatoms. The van der Waals surface area contributed by atoms with Crippen LogP contribution in [0.5, 0.6) is 0 Å². The van der Waals surface area contributed by atoms with Gasteiger partial charge in [0, 0.05) is 0 Å². The molecule has 1 atom stereocenters. The molecule has 1 aromatic carbocycles. The zero-order chi connectivity index (χ0) is 13.1. The van der Waals surface area contributed by atoms with Gasteiger partial charge in [0.05, 0.1) is 0 Å². The van der Waals surface area contributed by atoms with E-state index in [9.17, 15) is 9.59 Å². The summed E-state index contributed by atoms with van der Waals surface area (Å²) in [7, 11) is 0. The molecule has 1 unspecified atom stereocenters. The minimum absolute atomic E-state index is 0.431. The lowest BCUT2D eigenvalue weighted by Crippen LogP contribution is -2.55. The standard InChI is InChI=1S/C12H17N3O2/c1-12(2,11(14)17)15-10(16)9(13)8-6-4-3-5-7-8/h3-7,9H,13H2,1-2H3,(H2,14,17)(H,15,16). The van der Waals surface area contributed by atoms with Crippen LogP contribution < -0.4 is 16.8 Å². The van der Waals surface area contributed by atoms with E-state index in [1.807, 2.05) is 6.07 Å². The van der Waals surface area contributed by atoms with E-state index in [4.69, 9.17) is 11.5 Å². The molecule has 92 valence electrons. The van der Waals surface area contributed by atoms with Gasteiger partial charge in [-0.2, -0.15) is 0 Å². The number of benzene rings is 1. The molecule has 0 spiro atoms. The van der Waals surface area contributed by atoms with Gasteiger partial charge in [0.25, 0.3) is 0 Å². The van der Waals surface area contributed by atoms with E-state index in [1.165, 1.54) is 13.8 Å². The second kappa shape index (κ2) is 4.97. The van der Waals surface area contributed by atoms with E-state index in [2.05, 4.69) is 5.32 Å². The molecule has 2 amide bonds. The second-order valence-electron chi connectivity index (χ2n) is 4.37. The van der Waals surface area contributed by atoms with Crippen LogP contribution in [-0.4, -0.2) is 17.4 Å². The highest BCUT2D eigenvalue weighted by molar-refractivity contribution is 5.91. The SMILES string of the molecule is CC(C)(NC(=O)C(N)c1ccccc1)C(N)=O. The van der Waals surface area contributed by atoms with E-state index in [0.717, 1.165) is 0 Å². The monoisotopic (exact) mass is 235 g/mol. The smallest absolute Gasteiger partial charge is 0.242 e. The minimum Gasteiger partial charge on any atom is -0.368 e. The summed E-state index contributed by atoms with van der Waals surface area (Å²) >= 11 is 0. The summed E-state index contributed by atoms with van der Waals surface area (Å²) < 4.78 is 0. The summed E-state index contributed by atoms with van der Waals surface area (Å²) in [5.74, 6) is -1.04. The van der Waals surface area contributed by atoms with Crippen molar-refractivity contribution in [1.29, 1.82) is 0 Å². The summed E-state index contributed by atoms with van der Waals surface area (Å²) in [5, 5.41) is 2.52. The summed E-state index contributed by atoms with van der Waals surface area (Å²) in [5.41, 5.74) is 10.5. The van der Waals surface area contributed by atoms with Crippen molar-refractivity contribution in [3.63, 3.8) is 0 Å². The van der Waals surface area contributed by atoms with Gasteiger partial charge in [0.15, 0.2) is 0 Å². The first-order chi connectivity index (χ1) is 7.84. The Bertz CT molecular complexity index is 415. The fourth-order valence-corrected chi connectivity index (χ4v) is 1.26. The van der Waals surface area contributed by atoms with Gasteiger partial charge in [-0.3, -0.25) is 9.59 Å². The lowest BCUT2D eigenvalue weighted by atomic mass is 10.0. The molecule has 0 aliphatic rings. The molecule has 1 aromatic rings. The van der Waals surface area contributed by atoms with Crippen molar-refractivity contribution in [2.45, 2.75) is 25.4 Å². The molecule has 0 saturated carbocycles. The fraction of sp³-hybridized carbons (Fsp3) is 0.333. The third-order valence-corrected chi connectivity index (χ3v) is 2.49. The van der Waals surface area contributed by atoms with Crippen molar-refractivity contribution in [2.24, 2.45) is 11.5 Å². The molecule has 0 aliphatic heterocycles. The predicted molar refractivity (Wildman–Crippen MR) is 64.8 cm³/mol. The van der Waals surface area contributed by atoms with Crippen LogP contribution in [-0.2, 0) is 9.59 Å². The zero-order valence-corrected chi connectivity index (χ0v) is 9.94. The van der Waals surface area contributed by atoms with Crippen molar-refractivity contribution in [3.8, 4) is 0 Å². The Morgan fingerprint density at radius 1 is 1.24 bits per heavy atom. The van der Waals surface area contributed by atoms with Crippen molar-refractivity contribution >= 4 is 11.8 Å². The number of rotatable bonds is 4. The molecule has 0 aromatic heterocycles. The van der Waals surface area contributed by atoms with E-state index in [1.54, 1.807) is 24.3 Å². The molecule has 17 heavy (non-hydrogen) atoms. The van der Waals surface area contributed by atoms with E-state index < -0.39 is 23.4 Å². The Kier molecular flexibility index (Phi) is 3.85. The lowest BCUT2D eigenvalue weighted by molar-refractivity contribution is -0.131. The number of carbonyl (C=O) groups excluding carboxylic acids is 2. The topological polar surface area (TPSA) is 98.2 Å². The van der Waals surface area contributed by atoms with Gasteiger partial charge in [0.1, 0.15) is 11.6 Å². The van der Waals surface area contributed by atoms with E-state index in [0.29, 0.717) is 5.56 Å². The van der Waals surface area contributed by atoms with Crippen LogP contribution in [0.3, 0.4) is 0 Å². The highest BCUT2D eigenvalue weighted by atomic mass is 16.2. The molecule has 0 aliphatic carbocycles. The van der Waals surface area contributed by atoms with Crippen molar-refractivity contribution in [3.05, 3.63) is 35.9 Å². The second-order valence-corrected chi connectivity index (χ2v) is 4.37. The molecular formula is C12H17N3O2. The van der Waals surface area contributed by atoms with Crippen molar-refractivity contribution in [2.75, 3.05) is 0 Å². The summed E-state index contributed by atoms with van der Waals surface area (Å²) in [6.45, 7) is 3.07. The quantitative estimate of drug-likeness (QED) is 0.688. The number of nitrogens with two attached hydrogens (primary N) is 2. The van der Waals surface area contributed by atoms with Gasteiger partial charge in [-0.25, -0.2) is 0 Å². The number of hydrogen-bond donors (Lipinski definition) is 3. The third kappa shape index (κ3) is 3.29. The van der Waals surface area contributed by atoms with Crippen LogP contribution in [0.1, 0.15) is 25.5 Å². The van der Waals surface area contributed by atoms with Crippen molar-refractivity contribution in [1.82, 2.24) is 5.32 Å². The molecule has 5 nitrogen and oxygen atoms in total. The first-order valence-corrected chi connectivity index (χ1v) is 5.27. The number of primary amides is 1. The first kappa shape index (κ1) is 13.2. The summed E-state index contributed by atoms with van der Waals surface area (Å²) in [6, 6.07) is 8.11. The predicted octanol–water partition coefficient (Wildman–Crippen LogP) is 0.0665. The lowest BCUT2D eigenvalue weighted by Gasteiger charge is -2.24. The summed E-state index contributed by atoms with van der Waals surface area (Å²) in [4.78, 5) is 22.9. The molecule has 0 fully saturated rings. The molecule has 0 heterocycles. The Morgan fingerprint density at radius 3 is 2.24 bits per heavy atom. The normalized spacial score (nSPS) is 12.9. The third-order valence-electron chi connectivity index (χ3n) is 2.49. The fourth-order valence-electron chi connectivity index (χ4n) is 1.26. The minimum atomic E-state index is -1.11. The number of amides is 2. The molecule has 1 rings (SSSR count). The Morgan fingerprint density at radius 2 is 1.76 bits per heavy atom. The molecule has 5 N–H and O–H groups in total. The molecule has 0 bridgehead atoms. The molecule has 0 radical (unpaired) electrons. The number of carbonyl (C=O) groups is 2. The Hall–Kier alpha value is -1.88. The Balaban J connectivity index is 2.75. The van der Waals surface area contributed by atoms with Crippen LogP contribution in [0.15, 0.2) is 30.3 Å². The first-order valence-electron chi connectivity index (χ1n) is 5.27. The van der Waals surface area contributed by atoms with Crippen molar-refractivity contribution < 1.29 is 9.59 Å². The van der Waals surface area contributed by atoms with Gasteiger partial charge in [0.2, 0.25) is 11.8 Å². The van der Waals surface area contributed by atoms with Crippen LogP contribution in [0.2, 0.25) is 0 Å². The van der Waals surface area contributed by atoms with E-state index >= 15 is 0 Å². The maximum absolute atomic E-state index is 11.8. The number of nitrogens with one attached hydrogen (secondary N) is 1. The molecule has 0 saturated heterocycles. The maximum Gasteiger partial charge on any atom is 0.242 e. The highest BCUT2D eigenvalue weighted by Crippen LogP contribution is 2.11. The van der Waals surface area contributed by atoms with Crippen LogP contribution in [0, 0.1) is 0 Å². The van der Waals surface area contributed by atoms with Gasteiger partial charge in [-0.05, 0) is 19.4 Å². The van der Waals surface area contributed by atoms with Gasteiger partial charge in [-0.15, -0.1) is 0 Å². The zero-order valence-electron chi connectivity index (χ0n) is 9.94.